The summed E-state index contributed by atoms with van der Waals surface area (Å²) in [5.41, 5.74) is 0.816. The van der Waals surface area contributed by atoms with E-state index in [9.17, 15) is 13.2 Å². The molecule has 0 radical (unpaired) electrons. The molecule has 0 atom stereocenters. The largest absolute Gasteiger partial charge is 0.486 e. The summed E-state index contributed by atoms with van der Waals surface area (Å²) in [5, 5.41) is 4.65. The Morgan fingerprint density at radius 1 is 1.03 bits per heavy atom. The van der Waals surface area contributed by atoms with E-state index in [1.54, 1.807) is 35.7 Å². The number of carbonyl (C=O) groups excluding carboxylic acids is 1. The van der Waals surface area contributed by atoms with Crippen molar-refractivity contribution in [2.75, 3.05) is 23.3 Å². The van der Waals surface area contributed by atoms with Gasteiger partial charge in [0.1, 0.15) is 17.4 Å². The maximum absolute atomic E-state index is 12.8. The summed E-state index contributed by atoms with van der Waals surface area (Å²) in [5.74, 6) is 0.325. The van der Waals surface area contributed by atoms with Crippen molar-refractivity contribution >= 4 is 50.2 Å². The molecule has 150 valence electrons. The number of amides is 1. The van der Waals surface area contributed by atoms with E-state index in [2.05, 4.69) is 10.0 Å². The zero-order valence-corrected chi connectivity index (χ0v) is 17.2. The minimum Gasteiger partial charge on any atom is -0.486 e. The van der Waals surface area contributed by atoms with Crippen LogP contribution < -0.4 is 19.5 Å². The summed E-state index contributed by atoms with van der Waals surface area (Å²) in [4.78, 5) is 12.8. The molecule has 1 amide bonds. The second-order valence-corrected chi connectivity index (χ2v) is 9.28. The first-order chi connectivity index (χ1) is 13.9. The fraction of sp³-hybridized carbons (Fsp3) is 0.105. The Hall–Kier alpha value is -2.75. The highest BCUT2D eigenvalue weighted by molar-refractivity contribution is 7.94. The average molecular weight is 451 g/mol. The molecular formula is C19H15ClN2O5S2. The molecule has 1 aliphatic heterocycles. The van der Waals surface area contributed by atoms with Gasteiger partial charge in [0.15, 0.2) is 11.5 Å². The fourth-order valence-corrected chi connectivity index (χ4v) is 5.07. The number of para-hydroxylation sites is 2. The Morgan fingerprint density at radius 3 is 2.55 bits per heavy atom. The maximum Gasteiger partial charge on any atom is 0.271 e. The van der Waals surface area contributed by atoms with Crippen LogP contribution in [0.4, 0.5) is 11.4 Å². The monoisotopic (exact) mass is 450 g/mol. The third-order valence-corrected chi connectivity index (χ3v) is 7.08. The minimum atomic E-state index is -3.75. The molecule has 3 aromatic rings. The lowest BCUT2D eigenvalue weighted by atomic mass is 10.1. The summed E-state index contributed by atoms with van der Waals surface area (Å²) in [6, 6.07) is 12.7. The van der Waals surface area contributed by atoms with Crippen LogP contribution >= 0.6 is 22.9 Å². The van der Waals surface area contributed by atoms with Crippen molar-refractivity contribution in [1.29, 1.82) is 0 Å². The summed E-state index contributed by atoms with van der Waals surface area (Å²) < 4.78 is 38.7. The van der Waals surface area contributed by atoms with E-state index in [0.29, 0.717) is 30.4 Å². The van der Waals surface area contributed by atoms with Gasteiger partial charge in [-0.3, -0.25) is 9.52 Å². The highest BCUT2D eigenvalue weighted by Gasteiger charge is 2.21. The van der Waals surface area contributed by atoms with Crippen molar-refractivity contribution in [2.45, 2.75) is 4.21 Å². The first kappa shape index (κ1) is 19.6. The molecule has 10 heteroatoms. The van der Waals surface area contributed by atoms with Crippen molar-refractivity contribution in [3.63, 3.8) is 0 Å². The second kappa shape index (κ2) is 7.94. The first-order valence-electron chi connectivity index (χ1n) is 8.50. The quantitative estimate of drug-likeness (QED) is 0.606. The van der Waals surface area contributed by atoms with Crippen LogP contribution in [0.3, 0.4) is 0 Å². The smallest absolute Gasteiger partial charge is 0.271 e. The van der Waals surface area contributed by atoms with Crippen LogP contribution in [0, 0.1) is 0 Å². The lowest BCUT2D eigenvalue weighted by molar-refractivity contribution is 0.102. The maximum atomic E-state index is 12.8. The van der Waals surface area contributed by atoms with Crippen LogP contribution in [0.5, 0.6) is 11.5 Å². The van der Waals surface area contributed by atoms with E-state index in [1.807, 2.05) is 0 Å². The zero-order valence-electron chi connectivity index (χ0n) is 14.8. The third kappa shape index (κ3) is 4.16. The predicted molar refractivity (Wildman–Crippen MR) is 112 cm³/mol. The van der Waals surface area contributed by atoms with Gasteiger partial charge < -0.3 is 14.8 Å². The molecule has 1 aliphatic rings. The predicted octanol–water partition coefficient (Wildman–Crippen LogP) is 4.23. The van der Waals surface area contributed by atoms with E-state index in [1.165, 1.54) is 18.2 Å². The van der Waals surface area contributed by atoms with Gasteiger partial charge in [0.2, 0.25) is 0 Å². The molecule has 0 unspecified atom stereocenters. The topological polar surface area (TPSA) is 93.7 Å². The summed E-state index contributed by atoms with van der Waals surface area (Å²) in [7, 11) is -3.75. The molecule has 0 saturated carbocycles. The Morgan fingerprint density at radius 2 is 1.79 bits per heavy atom. The summed E-state index contributed by atoms with van der Waals surface area (Å²) in [6.07, 6.45) is 0. The third-order valence-electron chi connectivity index (χ3n) is 4.04. The first-order valence-corrected chi connectivity index (χ1v) is 11.2. The number of benzene rings is 2. The standard InChI is InChI=1S/C19H15ClN2O5S2/c20-13-10-12(11-16-18(13)27-8-7-26-16)19(23)21-14-4-1-2-5-15(14)22-29(24,25)17-6-3-9-28-17/h1-6,9-11,22H,7-8H2,(H,21,23). The molecule has 2 heterocycles. The van der Waals surface area contributed by atoms with Gasteiger partial charge in [0, 0.05) is 5.56 Å². The van der Waals surface area contributed by atoms with Crippen LogP contribution in [0.1, 0.15) is 10.4 Å². The Labute approximate surface area is 176 Å². The molecule has 7 nitrogen and oxygen atoms in total. The molecule has 0 spiro atoms. The van der Waals surface area contributed by atoms with Gasteiger partial charge in [-0.05, 0) is 35.7 Å². The molecule has 29 heavy (non-hydrogen) atoms. The SMILES string of the molecule is O=C(Nc1ccccc1NS(=O)(=O)c1cccs1)c1cc(Cl)c2c(c1)OCCO2. The lowest BCUT2D eigenvalue weighted by Gasteiger charge is -2.20. The molecule has 0 fully saturated rings. The molecule has 1 aromatic heterocycles. The molecule has 2 aromatic carbocycles. The van der Waals surface area contributed by atoms with Crippen molar-refractivity contribution < 1.29 is 22.7 Å². The highest BCUT2D eigenvalue weighted by atomic mass is 35.5. The molecule has 0 bridgehead atoms. The van der Waals surface area contributed by atoms with Gasteiger partial charge in [-0.2, -0.15) is 0 Å². The fourth-order valence-electron chi connectivity index (χ4n) is 2.73. The van der Waals surface area contributed by atoms with Crippen LogP contribution in [0.25, 0.3) is 0 Å². The van der Waals surface area contributed by atoms with Crippen LogP contribution in [-0.2, 0) is 10.0 Å². The van der Waals surface area contributed by atoms with Crippen molar-refractivity contribution in [1.82, 2.24) is 0 Å². The van der Waals surface area contributed by atoms with Crippen LogP contribution in [0.2, 0.25) is 5.02 Å². The Balaban J connectivity index is 1.59. The van der Waals surface area contributed by atoms with Gasteiger partial charge in [-0.15, -0.1) is 11.3 Å². The Kier molecular flexibility index (Phi) is 5.35. The molecule has 0 saturated heterocycles. The number of sulfonamides is 1. The van der Waals surface area contributed by atoms with Gasteiger partial charge in [-0.25, -0.2) is 8.42 Å². The van der Waals surface area contributed by atoms with E-state index in [4.69, 9.17) is 21.1 Å². The van der Waals surface area contributed by atoms with Gasteiger partial charge >= 0.3 is 0 Å². The number of thiophene rings is 1. The molecule has 2 N–H and O–H groups in total. The number of anilines is 2. The molecule has 4 rings (SSSR count). The molecule has 0 aliphatic carbocycles. The number of fused-ring (bicyclic) bond motifs is 1. The minimum absolute atomic E-state index is 0.178. The number of hydrogen-bond donors (Lipinski definition) is 2. The number of rotatable bonds is 5. The van der Waals surface area contributed by atoms with Crippen molar-refractivity contribution in [2.24, 2.45) is 0 Å². The number of hydrogen-bond acceptors (Lipinski definition) is 6. The van der Waals surface area contributed by atoms with E-state index >= 15 is 0 Å². The summed E-state index contributed by atoms with van der Waals surface area (Å²) >= 11 is 7.30. The van der Waals surface area contributed by atoms with Gasteiger partial charge in [0.05, 0.1) is 16.4 Å². The normalized spacial score (nSPS) is 13.0. The number of nitrogens with one attached hydrogen (secondary N) is 2. The van der Waals surface area contributed by atoms with Crippen molar-refractivity contribution in [3.05, 3.63) is 64.5 Å². The average Bonchev–Trinajstić information content (AvgIpc) is 3.25. The number of ether oxygens (including phenoxy) is 2. The van der Waals surface area contributed by atoms with Gasteiger partial charge in [-0.1, -0.05) is 29.8 Å². The number of carbonyl (C=O) groups is 1. The molecular weight excluding hydrogens is 436 g/mol. The Bertz CT molecular complexity index is 1160. The van der Waals surface area contributed by atoms with Crippen LogP contribution in [-0.4, -0.2) is 27.5 Å². The van der Waals surface area contributed by atoms with E-state index in [-0.39, 0.29) is 20.5 Å². The second-order valence-electron chi connectivity index (χ2n) is 6.02. The van der Waals surface area contributed by atoms with E-state index < -0.39 is 15.9 Å². The van der Waals surface area contributed by atoms with Crippen molar-refractivity contribution in [3.8, 4) is 11.5 Å². The number of halogens is 1. The highest BCUT2D eigenvalue weighted by Crippen LogP contribution is 2.38. The lowest BCUT2D eigenvalue weighted by Crippen LogP contribution is -2.18. The van der Waals surface area contributed by atoms with Gasteiger partial charge in [0.25, 0.3) is 15.9 Å². The van der Waals surface area contributed by atoms with E-state index in [0.717, 1.165) is 11.3 Å². The van der Waals surface area contributed by atoms with Crippen LogP contribution in [0.15, 0.2) is 58.1 Å². The summed E-state index contributed by atoms with van der Waals surface area (Å²) in [6.45, 7) is 0.748. The zero-order chi connectivity index (χ0) is 20.4.